The highest BCUT2D eigenvalue weighted by Crippen LogP contribution is 2.22. The van der Waals surface area contributed by atoms with E-state index in [-0.39, 0.29) is 17.9 Å². The van der Waals surface area contributed by atoms with Gasteiger partial charge in [-0.05, 0) is 12.8 Å². The van der Waals surface area contributed by atoms with Gasteiger partial charge in [0.25, 0.3) is 0 Å². The zero-order valence-electron chi connectivity index (χ0n) is 14.2. The van der Waals surface area contributed by atoms with Crippen molar-refractivity contribution in [3.63, 3.8) is 0 Å². The predicted molar refractivity (Wildman–Crippen MR) is 87.0 cm³/mol. The number of hydrogen-bond donors (Lipinski definition) is 0. The summed E-state index contributed by atoms with van der Waals surface area (Å²) < 4.78 is 5.05. The average molecular weight is 323 g/mol. The van der Waals surface area contributed by atoms with Gasteiger partial charge in [0.2, 0.25) is 5.91 Å². The highest BCUT2D eigenvalue weighted by molar-refractivity contribution is 5.78. The summed E-state index contributed by atoms with van der Waals surface area (Å²) in [6, 6.07) is 0.378. The molecule has 1 amide bonds. The number of carbonyl (C=O) groups is 2. The van der Waals surface area contributed by atoms with Crippen LogP contribution in [0.1, 0.15) is 38.5 Å². The minimum atomic E-state index is -0.0773. The fourth-order valence-corrected chi connectivity index (χ4v) is 4.02. The molecule has 6 heteroatoms. The van der Waals surface area contributed by atoms with E-state index >= 15 is 0 Å². The Morgan fingerprint density at radius 2 is 1.83 bits per heavy atom. The second kappa shape index (κ2) is 7.62. The zero-order chi connectivity index (χ0) is 16.2. The van der Waals surface area contributed by atoms with Gasteiger partial charge in [0.15, 0.2) is 0 Å². The van der Waals surface area contributed by atoms with Gasteiger partial charge < -0.3 is 9.64 Å². The molecule has 1 atom stereocenters. The van der Waals surface area contributed by atoms with Gasteiger partial charge in [0, 0.05) is 45.7 Å². The Kier molecular flexibility index (Phi) is 5.54. The van der Waals surface area contributed by atoms with E-state index in [1.54, 1.807) is 0 Å². The Morgan fingerprint density at radius 1 is 1.13 bits per heavy atom. The standard InChI is InChI=1S/C17H29N3O3/c1-18(14-5-3-2-4-6-14)16(21)13-19-8-10-20(11-9-19)15-7-12-23-17(15)22/h14-15H,2-13H2,1H3. The molecule has 0 radical (unpaired) electrons. The molecule has 0 N–H and O–H groups in total. The van der Waals surface area contributed by atoms with E-state index in [0.29, 0.717) is 19.2 Å². The fourth-order valence-electron chi connectivity index (χ4n) is 4.02. The number of carbonyl (C=O) groups excluding carboxylic acids is 2. The summed E-state index contributed by atoms with van der Waals surface area (Å²) in [5.74, 6) is 0.164. The summed E-state index contributed by atoms with van der Waals surface area (Å²) >= 11 is 0. The number of esters is 1. The van der Waals surface area contributed by atoms with Crippen LogP contribution in [-0.4, -0.2) is 85.0 Å². The number of nitrogens with zero attached hydrogens (tertiary/aromatic N) is 3. The lowest BCUT2D eigenvalue weighted by atomic mass is 9.94. The molecule has 0 bridgehead atoms. The summed E-state index contributed by atoms with van der Waals surface area (Å²) in [5.41, 5.74) is 0. The van der Waals surface area contributed by atoms with Crippen molar-refractivity contribution in [1.29, 1.82) is 0 Å². The minimum absolute atomic E-state index is 0.0576. The third kappa shape index (κ3) is 4.04. The number of ether oxygens (including phenoxy) is 1. The first-order valence-electron chi connectivity index (χ1n) is 9.04. The predicted octanol–water partition coefficient (Wildman–Crippen LogP) is 0.711. The van der Waals surface area contributed by atoms with E-state index < -0.39 is 0 Å². The molecule has 6 nitrogen and oxygen atoms in total. The lowest BCUT2D eigenvalue weighted by Crippen LogP contribution is -2.54. The minimum Gasteiger partial charge on any atom is -0.464 e. The van der Waals surface area contributed by atoms with Crippen molar-refractivity contribution in [2.45, 2.75) is 50.6 Å². The van der Waals surface area contributed by atoms with Gasteiger partial charge in [0.1, 0.15) is 6.04 Å². The molecule has 3 aliphatic rings. The monoisotopic (exact) mass is 323 g/mol. The summed E-state index contributed by atoms with van der Waals surface area (Å²) in [5, 5.41) is 0. The highest BCUT2D eigenvalue weighted by Gasteiger charge is 2.34. The number of likely N-dealkylation sites (N-methyl/N-ethyl adjacent to an activating group) is 1. The second-order valence-electron chi connectivity index (χ2n) is 7.08. The number of piperazine rings is 1. The molecule has 0 aromatic rings. The van der Waals surface area contributed by atoms with Crippen molar-refractivity contribution >= 4 is 11.9 Å². The lowest BCUT2D eigenvalue weighted by molar-refractivity contribution is -0.143. The number of cyclic esters (lactones) is 1. The Bertz CT molecular complexity index is 429. The molecule has 3 fully saturated rings. The fraction of sp³-hybridized carbons (Fsp3) is 0.882. The van der Waals surface area contributed by atoms with E-state index in [1.165, 1.54) is 19.3 Å². The molecule has 0 aromatic heterocycles. The molecule has 23 heavy (non-hydrogen) atoms. The first kappa shape index (κ1) is 16.7. The molecule has 2 saturated heterocycles. The van der Waals surface area contributed by atoms with Crippen molar-refractivity contribution in [2.75, 3.05) is 46.4 Å². The second-order valence-corrected chi connectivity index (χ2v) is 7.08. The number of rotatable bonds is 4. The van der Waals surface area contributed by atoms with Crippen LogP contribution >= 0.6 is 0 Å². The third-order valence-electron chi connectivity index (χ3n) is 5.63. The van der Waals surface area contributed by atoms with Crippen LogP contribution in [0.25, 0.3) is 0 Å². The SMILES string of the molecule is CN(C(=O)CN1CCN(C2CCOC2=O)CC1)C1CCCCC1. The van der Waals surface area contributed by atoms with Gasteiger partial charge in [0.05, 0.1) is 13.2 Å². The van der Waals surface area contributed by atoms with Crippen molar-refractivity contribution in [1.82, 2.24) is 14.7 Å². The Hall–Kier alpha value is -1.14. The van der Waals surface area contributed by atoms with E-state index in [9.17, 15) is 9.59 Å². The average Bonchev–Trinajstić information content (AvgIpc) is 3.01. The van der Waals surface area contributed by atoms with Crippen LogP contribution in [0.15, 0.2) is 0 Å². The van der Waals surface area contributed by atoms with Crippen LogP contribution in [0.4, 0.5) is 0 Å². The van der Waals surface area contributed by atoms with Crippen LogP contribution in [-0.2, 0) is 14.3 Å². The quantitative estimate of drug-likeness (QED) is 0.713. The van der Waals surface area contributed by atoms with E-state index in [1.807, 2.05) is 11.9 Å². The van der Waals surface area contributed by atoms with Gasteiger partial charge in [-0.25, -0.2) is 0 Å². The van der Waals surface area contributed by atoms with Crippen molar-refractivity contribution in [2.24, 2.45) is 0 Å². The van der Waals surface area contributed by atoms with Crippen molar-refractivity contribution < 1.29 is 14.3 Å². The van der Waals surface area contributed by atoms with Crippen LogP contribution in [0.5, 0.6) is 0 Å². The molecule has 2 aliphatic heterocycles. The van der Waals surface area contributed by atoms with Crippen LogP contribution in [0.3, 0.4) is 0 Å². The normalized spacial score (nSPS) is 27.9. The summed E-state index contributed by atoms with van der Waals surface area (Å²) in [6.07, 6.45) is 6.92. The van der Waals surface area contributed by atoms with Crippen LogP contribution in [0, 0.1) is 0 Å². The third-order valence-corrected chi connectivity index (χ3v) is 5.63. The maximum atomic E-state index is 12.5. The van der Waals surface area contributed by atoms with Crippen molar-refractivity contribution in [3.8, 4) is 0 Å². The molecule has 1 aliphatic carbocycles. The first-order chi connectivity index (χ1) is 11.1. The first-order valence-corrected chi connectivity index (χ1v) is 9.04. The lowest BCUT2D eigenvalue weighted by Gasteiger charge is -2.38. The molecule has 1 unspecified atom stereocenters. The molecule has 0 spiro atoms. The molecular formula is C17H29N3O3. The van der Waals surface area contributed by atoms with E-state index in [4.69, 9.17) is 4.74 Å². The Labute approximate surface area is 138 Å². The number of amides is 1. The molecule has 0 aromatic carbocycles. The molecule has 2 heterocycles. The maximum absolute atomic E-state index is 12.5. The van der Waals surface area contributed by atoms with Gasteiger partial charge in [-0.3, -0.25) is 19.4 Å². The van der Waals surface area contributed by atoms with Gasteiger partial charge in [-0.2, -0.15) is 0 Å². The smallest absolute Gasteiger partial charge is 0.323 e. The molecular weight excluding hydrogens is 294 g/mol. The van der Waals surface area contributed by atoms with Crippen LogP contribution in [0.2, 0.25) is 0 Å². The highest BCUT2D eigenvalue weighted by atomic mass is 16.5. The van der Waals surface area contributed by atoms with Gasteiger partial charge in [-0.15, -0.1) is 0 Å². The Morgan fingerprint density at radius 3 is 2.43 bits per heavy atom. The largest absolute Gasteiger partial charge is 0.464 e. The summed E-state index contributed by atoms with van der Waals surface area (Å²) in [7, 11) is 1.96. The zero-order valence-corrected chi connectivity index (χ0v) is 14.2. The maximum Gasteiger partial charge on any atom is 0.323 e. The molecule has 130 valence electrons. The topological polar surface area (TPSA) is 53.1 Å². The Balaban J connectivity index is 1.42. The van der Waals surface area contributed by atoms with E-state index in [0.717, 1.165) is 45.4 Å². The van der Waals surface area contributed by atoms with Crippen molar-refractivity contribution in [3.05, 3.63) is 0 Å². The van der Waals surface area contributed by atoms with E-state index in [2.05, 4.69) is 9.80 Å². The number of hydrogen-bond acceptors (Lipinski definition) is 5. The van der Waals surface area contributed by atoms with Crippen LogP contribution < -0.4 is 0 Å². The summed E-state index contributed by atoms with van der Waals surface area (Å²) in [4.78, 5) is 30.6. The van der Waals surface area contributed by atoms with Gasteiger partial charge >= 0.3 is 5.97 Å². The summed E-state index contributed by atoms with van der Waals surface area (Å²) in [6.45, 7) is 4.47. The molecule has 3 rings (SSSR count). The molecule has 1 saturated carbocycles. The van der Waals surface area contributed by atoms with Gasteiger partial charge in [-0.1, -0.05) is 19.3 Å².